The first-order valence-corrected chi connectivity index (χ1v) is 13.3. The van der Waals surface area contributed by atoms with Gasteiger partial charge in [0.25, 0.3) is 0 Å². The highest BCUT2D eigenvalue weighted by Crippen LogP contribution is 2.32. The molecule has 4 rings (SSSR count). The number of rotatable bonds is 5. The SMILES string of the molecule is CCOC(=O)c1c(S(=O)(=O)N2CCC(C(=O)N3CCc4ccccc4C3)CC2)c(C)n(C)c1C. The van der Waals surface area contributed by atoms with Gasteiger partial charge in [-0.15, -0.1) is 0 Å². The zero-order valence-corrected chi connectivity index (χ0v) is 21.2. The molecular formula is C25H33N3O5S. The molecular weight excluding hydrogens is 454 g/mol. The van der Waals surface area contributed by atoms with E-state index in [9.17, 15) is 18.0 Å². The van der Waals surface area contributed by atoms with Gasteiger partial charge in [-0.1, -0.05) is 24.3 Å². The van der Waals surface area contributed by atoms with Gasteiger partial charge >= 0.3 is 5.97 Å². The molecule has 8 nitrogen and oxygen atoms in total. The number of carbonyl (C=O) groups is 2. The smallest absolute Gasteiger partial charge is 0.341 e. The second-order valence-corrected chi connectivity index (χ2v) is 11.0. The van der Waals surface area contributed by atoms with Gasteiger partial charge in [0.15, 0.2) is 0 Å². The lowest BCUT2D eigenvalue weighted by Gasteiger charge is -2.35. The molecule has 0 saturated carbocycles. The fourth-order valence-corrected chi connectivity index (χ4v) is 7.04. The molecule has 2 aliphatic rings. The lowest BCUT2D eigenvalue weighted by Crippen LogP contribution is -2.45. The van der Waals surface area contributed by atoms with Crippen LogP contribution in [-0.2, 0) is 39.6 Å². The van der Waals surface area contributed by atoms with Crippen molar-refractivity contribution in [3.8, 4) is 0 Å². The van der Waals surface area contributed by atoms with Crippen LogP contribution >= 0.6 is 0 Å². The van der Waals surface area contributed by atoms with Crippen LogP contribution in [0.15, 0.2) is 29.2 Å². The summed E-state index contributed by atoms with van der Waals surface area (Å²) >= 11 is 0. The highest BCUT2D eigenvalue weighted by molar-refractivity contribution is 7.89. The van der Waals surface area contributed by atoms with Gasteiger partial charge in [-0.2, -0.15) is 4.31 Å². The van der Waals surface area contributed by atoms with Gasteiger partial charge in [0.1, 0.15) is 10.5 Å². The van der Waals surface area contributed by atoms with Crippen LogP contribution in [0.5, 0.6) is 0 Å². The normalized spacial score (nSPS) is 17.5. The number of hydrogen-bond acceptors (Lipinski definition) is 5. The minimum atomic E-state index is -3.92. The minimum absolute atomic E-state index is 0.0170. The summed E-state index contributed by atoms with van der Waals surface area (Å²) < 4.78 is 35.5. The first-order valence-electron chi connectivity index (χ1n) is 11.9. The summed E-state index contributed by atoms with van der Waals surface area (Å²) in [5.74, 6) is -0.719. The number of piperidine rings is 1. The molecule has 0 unspecified atom stereocenters. The first kappa shape index (κ1) is 24.5. The van der Waals surface area contributed by atoms with Gasteiger partial charge in [-0.05, 0) is 51.2 Å². The molecule has 0 N–H and O–H groups in total. The van der Waals surface area contributed by atoms with Crippen LogP contribution in [0.25, 0.3) is 0 Å². The maximum absolute atomic E-state index is 13.6. The third-order valence-corrected chi connectivity index (χ3v) is 9.31. The monoisotopic (exact) mass is 487 g/mol. The molecule has 1 fully saturated rings. The number of fused-ring (bicyclic) bond motifs is 1. The number of amides is 1. The van der Waals surface area contributed by atoms with Crippen molar-refractivity contribution in [1.29, 1.82) is 0 Å². The molecule has 0 radical (unpaired) electrons. The number of ether oxygens (including phenoxy) is 1. The molecule has 3 heterocycles. The molecule has 2 aliphatic heterocycles. The summed E-state index contributed by atoms with van der Waals surface area (Å²) in [5, 5.41) is 0. The Balaban J connectivity index is 1.49. The summed E-state index contributed by atoms with van der Waals surface area (Å²) in [5.41, 5.74) is 3.64. The van der Waals surface area contributed by atoms with E-state index >= 15 is 0 Å². The van der Waals surface area contributed by atoms with E-state index in [-0.39, 0.29) is 42.0 Å². The molecule has 0 bridgehead atoms. The van der Waals surface area contributed by atoms with E-state index in [1.807, 2.05) is 17.0 Å². The molecule has 184 valence electrons. The minimum Gasteiger partial charge on any atom is -0.462 e. The zero-order valence-electron chi connectivity index (χ0n) is 20.3. The topological polar surface area (TPSA) is 88.9 Å². The average Bonchev–Trinajstić information content (AvgIpc) is 3.08. The van der Waals surface area contributed by atoms with Crippen molar-refractivity contribution in [2.24, 2.45) is 13.0 Å². The van der Waals surface area contributed by atoms with E-state index in [1.54, 1.807) is 32.4 Å². The molecule has 0 aliphatic carbocycles. The highest BCUT2D eigenvalue weighted by atomic mass is 32.2. The van der Waals surface area contributed by atoms with Crippen LogP contribution in [0.2, 0.25) is 0 Å². The number of sulfonamides is 1. The molecule has 34 heavy (non-hydrogen) atoms. The predicted molar refractivity (Wildman–Crippen MR) is 128 cm³/mol. The third-order valence-electron chi connectivity index (χ3n) is 7.25. The quantitative estimate of drug-likeness (QED) is 0.605. The van der Waals surface area contributed by atoms with Gasteiger partial charge in [0.2, 0.25) is 15.9 Å². The summed E-state index contributed by atoms with van der Waals surface area (Å²) in [6.45, 7) is 7.09. The predicted octanol–water partition coefficient (Wildman–Crippen LogP) is 2.80. The van der Waals surface area contributed by atoms with Crippen molar-refractivity contribution in [3.05, 3.63) is 52.3 Å². The first-order chi connectivity index (χ1) is 16.2. The van der Waals surface area contributed by atoms with Crippen LogP contribution in [0.4, 0.5) is 0 Å². The molecule has 0 atom stereocenters. The van der Waals surface area contributed by atoms with Crippen molar-refractivity contribution in [3.63, 3.8) is 0 Å². The van der Waals surface area contributed by atoms with Crippen LogP contribution in [0.3, 0.4) is 0 Å². The van der Waals surface area contributed by atoms with Crippen LogP contribution in [-0.4, -0.2) is 60.3 Å². The van der Waals surface area contributed by atoms with E-state index in [0.29, 0.717) is 37.3 Å². The molecule has 1 saturated heterocycles. The Kier molecular flexibility index (Phi) is 6.87. The maximum atomic E-state index is 13.6. The number of carbonyl (C=O) groups excluding carboxylic acids is 2. The Hall–Kier alpha value is -2.65. The Morgan fingerprint density at radius 2 is 1.68 bits per heavy atom. The second kappa shape index (κ2) is 9.54. The van der Waals surface area contributed by atoms with E-state index in [0.717, 1.165) is 6.42 Å². The van der Waals surface area contributed by atoms with Crippen molar-refractivity contribution in [2.45, 2.75) is 51.5 Å². The average molecular weight is 488 g/mol. The molecule has 1 aromatic heterocycles. The maximum Gasteiger partial charge on any atom is 0.341 e. The van der Waals surface area contributed by atoms with Gasteiger partial charge in [-0.3, -0.25) is 4.79 Å². The van der Waals surface area contributed by atoms with Gasteiger partial charge < -0.3 is 14.2 Å². The largest absolute Gasteiger partial charge is 0.462 e. The van der Waals surface area contributed by atoms with Gasteiger partial charge in [0, 0.05) is 50.5 Å². The third kappa shape index (κ3) is 4.27. The van der Waals surface area contributed by atoms with E-state index in [1.165, 1.54) is 15.4 Å². The number of aromatic nitrogens is 1. The lowest BCUT2D eigenvalue weighted by molar-refractivity contribution is -0.137. The summed E-state index contributed by atoms with van der Waals surface area (Å²) in [4.78, 5) is 27.7. The molecule has 2 aromatic rings. The van der Waals surface area contributed by atoms with Gasteiger partial charge in [-0.25, -0.2) is 13.2 Å². The van der Waals surface area contributed by atoms with Crippen LogP contribution in [0, 0.1) is 19.8 Å². The molecule has 9 heteroatoms. The van der Waals surface area contributed by atoms with Crippen molar-refractivity contribution < 1.29 is 22.7 Å². The highest BCUT2D eigenvalue weighted by Gasteiger charge is 2.39. The summed E-state index contributed by atoms with van der Waals surface area (Å²) in [7, 11) is -2.17. The van der Waals surface area contributed by atoms with Crippen molar-refractivity contribution in [2.75, 3.05) is 26.2 Å². The number of esters is 1. The van der Waals surface area contributed by atoms with Crippen LogP contribution in [0.1, 0.15) is 52.6 Å². The summed E-state index contributed by atoms with van der Waals surface area (Å²) in [6, 6.07) is 8.19. The molecule has 0 spiro atoms. The standard InChI is InChI=1S/C25H33N3O5S/c1-5-33-25(30)22-17(2)26(4)18(3)23(22)34(31,32)28-14-11-20(12-15-28)24(29)27-13-10-19-8-6-7-9-21(19)16-27/h6-9,20H,5,10-16H2,1-4H3. The molecule has 1 aromatic carbocycles. The van der Waals surface area contributed by atoms with Crippen LogP contribution < -0.4 is 0 Å². The second-order valence-electron chi connectivity index (χ2n) is 9.11. The fourth-order valence-electron chi connectivity index (χ4n) is 5.09. The van der Waals surface area contributed by atoms with Crippen molar-refractivity contribution in [1.82, 2.24) is 13.8 Å². The van der Waals surface area contributed by atoms with Crippen molar-refractivity contribution >= 4 is 21.9 Å². The number of nitrogens with zero attached hydrogens (tertiary/aromatic N) is 3. The Labute approximate surface area is 201 Å². The van der Waals surface area contributed by atoms with E-state index < -0.39 is 16.0 Å². The fraction of sp³-hybridized carbons (Fsp3) is 0.520. The summed E-state index contributed by atoms with van der Waals surface area (Å²) in [6.07, 6.45) is 1.78. The Morgan fingerprint density at radius 1 is 1.03 bits per heavy atom. The van der Waals surface area contributed by atoms with E-state index in [2.05, 4.69) is 12.1 Å². The zero-order chi connectivity index (χ0) is 24.6. The van der Waals surface area contributed by atoms with E-state index in [4.69, 9.17) is 4.74 Å². The molecule has 1 amide bonds. The lowest BCUT2D eigenvalue weighted by atomic mass is 9.94. The number of benzene rings is 1. The Bertz CT molecular complexity index is 1210. The number of hydrogen-bond donors (Lipinski definition) is 0. The Morgan fingerprint density at radius 3 is 2.32 bits per heavy atom. The van der Waals surface area contributed by atoms with Gasteiger partial charge in [0.05, 0.1) is 6.61 Å².